The van der Waals surface area contributed by atoms with Gasteiger partial charge in [-0.15, -0.1) is 0 Å². The van der Waals surface area contributed by atoms with Crippen LogP contribution in [0.25, 0.3) is 112 Å². The Balaban J connectivity index is 1.06. The first-order valence-electron chi connectivity index (χ1n) is 21.8. The first-order chi connectivity index (χ1) is 31.5. The summed E-state index contributed by atoms with van der Waals surface area (Å²) in [7, 11) is 0. The second-order valence-corrected chi connectivity index (χ2v) is 17.2. The van der Waals surface area contributed by atoms with Gasteiger partial charge in [0, 0.05) is 32.9 Å². The third-order valence-electron chi connectivity index (χ3n) is 12.9. The standard InChI is InChI=1S/C60H41N3O/c1-60(2)52-29-13-12-25-48(52)49-27-15-28-51(56(49)60)59-62-57(61-58(63-59)46-35-44(39-19-8-4-9-20-39)34-45(36-46)40-21-10-5-11-22-40)43-31-32-50-54(37-43)64-53-30-16-26-47(55(50)53)42-24-14-23-41(33-42)38-17-6-3-7-18-38/h3-37H,1-2H3. The lowest BCUT2D eigenvalue weighted by Gasteiger charge is -2.24. The number of fused-ring (bicyclic) bond motifs is 6. The fraction of sp³-hybridized carbons (Fsp3) is 0.0500. The molecule has 12 rings (SSSR count). The smallest absolute Gasteiger partial charge is 0.164 e. The predicted molar refractivity (Wildman–Crippen MR) is 263 cm³/mol. The monoisotopic (exact) mass is 819 g/mol. The van der Waals surface area contributed by atoms with E-state index in [1.165, 1.54) is 33.4 Å². The zero-order valence-electron chi connectivity index (χ0n) is 35.5. The van der Waals surface area contributed by atoms with Gasteiger partial charge in [0.15, 0.2) is 17.5 Å². The maximum absolute atomic E-state index is 6.70. The van der Waals surface area contributed by atoms with Crippen LogP contribution >= 0.6 is 0 Å². The van der Waals surface area contributed by atoms with Gasteiger partial charge in [-0.05, 0) is 109 Å². The van der Waals surface area contributed by atoms with Gasteiger partial charge in [-0.25, -0.2) is 15.0 Å². The van der Waals surface area contributed by atoms with Crippen molar-refractivity contribution in [3.8, 4) is 89.8 Å². The zero-order chi connectivity index (χ0) is 42.8. The molecule has 1 aliphatic rings. The van der Waals surface area contributed by atoms with Crippen molar-refractivity contribution in [3.05, 3.63) is 223 Å². The lowest BCUT2D eigenvalue weighted by molar-refractivity contribution is 0.661. The van der Waals surface area contributed by atoms with E-state index in [4.69, 9.17) is 19.4 Å². The number of hydrogen-bond donors (Lipinski definition) is 0. The van der Waals surface area contributed by atoms with Crippen molar-refractivity contribution in [1.29, 1.82) is 0 Å². The molecule has 0 amide bonds. The predicted octanol–water partition coefficient (Wildman–Crippen LogP) is 15.7. The fourth-order valence-corrected chi connectivity index (χ4v) is 9.84. The third-order valence-corrected chi connectivity index (χ3v) is 12.9. The lowest BCUT2D eigenvalue weighted by Crippen LogP contribution is -2.17. The first-order valence-corrected chi connectivity index (χ1v) is 21.8. The molecular formula is C60H41N3O. The Hall–Kier alpha value is -8.21. The van der Waals surface area contributed by atoms with Crippen molar-refractivity contribution < 1.29 is 4.42 Å². The summed E-state index contributed by atoms with van der Waals surface area (Å²) in [5, 5.41) is 2.12. The molecule has 2 heterocycles. The molecule has 9 aromatic carbocycles. The number of furan rings is 1. The molecule has 0 radical (unpaired) electrons. The van der Waals surface area contributed by atoms with Crippen LogP contribution in [0.4, 0.5) is 0 Å². The van der Waals surface area contributed by atoms with Crippen LogP contribution in [0.5, 0.6) is 0 Å². The van der Waals surface area contributed by atoms with E-state index in [0.29, 0.717) is 17.5 Å². The van der Waals surface area contributed by atoms with E-state index < -0.39 is 0 Å². The van der Waals surface area contributed by atoms with Crippen molar-refractivity contribution in [2.45, 2.75) is 19.3 Å². The Morgan fingerprint density at radius 3 is 1.55 bits per heavy atom. The Morgan fingerprint density at radius 2 is 0.828 bits per heavy atom. The summed E-state index contributed by atoms with van der Waals surface area (Å²) in [6, 6.07) is 74.9. The molecule has 0 atom stereocenters. The van der Waals surface area contributed by atoms with Gasteiger partial charge in [0.2, 0.25) is 0 Å². The van der Waals surface area contributed by atoms with Gasteiger partial charge in [0.05, 0.1) is 0 Å². The normalized spacial score (nSPS) is 12.7. The lowest BCUT2D eigenvalue weighted by atomic mass is 9.80. The minimum Gasteiger partial charge on any atom is -0.456 e. The molecule has 2 aromatic heterocycles. The topological polar surface area (TPSA) is 51.8 Å². The Morgan fingerprint density at radius 1 is 0.328 bits per heavy atom. The summed E-state index contributed by atoms with van der Waals surface area (Å²) >= 11 is 0. The van der Waals surface area contributed by atoms with Crippen LogP contribution in [0.15, 0.2) is 217 Å². The SMILES string of the molecule is CC1(C)c2ccccc2-c2cccc(-c3nc(-c4cc(-c5ccccc5)cc(-c5ccccc5)c4)nc(-c4ccc5c(c4)oc4cccc(-c6cccc(-c7ccccc7)c6)c45)n3)c21. The molecular weight excluding hydrogens is 779 g/mol. The van der Waals surface area contributed by atoms with Gasteiger partial charge in [-0.2, -0.15) is 0 Å². The van der Waals surface area contributed by atoms with Crippen LogP contribution in [-0.4, -0.2) is 15.0 Å². The van der Waals surface area contributed by atoms with Gasteiger partial charge in [0.1, 0.15) is 11.2 Å². The molecule has 0 unspecified atom stereocenters. The van der Waals surface area contributed by atoms with E-state index in [-0.39, 0.29) is 5.41 Å². The van der Waals surface area contributed by atoms with E-state index in [9.17, 15) is 0 Å². The highest BCUT2D eigenvalue weighted by Crippen LogP contribution is 2.52. The third kappa shape index (κ3) is 6.34. The average molecular weight is 820 g/mol. The molecule has 0 N–H and O–H groups in total. The molecule has 0 aliphatic heterocycles. The van der Waals surface area contributed by atoms with Crippen molar-refractivity contribution >= 4 is 21.9 Å². The summed E-state index contributed by atoms with van der Waals surface area (Å²) in [5.41, 5.74) is 18.1. The summed E-state index contributed by atoms with van der Waals surface area (Å²) in [6.45, 7) is 4.61. The first kappa shape index (κ1) is 37.5. The van der Waals surface area contributed by atoms with E-state index >= 15 is 0 Å². The van der Waals surface area contributed by atoms with Crippen LogP contribution < -0.4 is 0 Å². The van der Waals surface area contributed by atoms with Crippen molar-refractivity contribution in [2.24, 2.45) is 0 Å². The number of rotatable bonds is 7. The van der Waals surface area contributed by atoms with Gasteiger partial charge in [-0.3, -0.25) is 0 Å². The van der Waals surface area contributed by atoms with Crippen LogP contribution in [0, 0.1) is 0 Å². The van der Waals surface area contributed by atoms with Crippen LogP contribution in [-0.2, 0) is 5.41 Å². The summed E-state index contributed by atoms with van der Waals surface area (Å²) in [5.74, 6) is 1.82. The molecule has 0 bridgehead atoms. The average Bonchev–Trinajstić information content (AvgIpc) is 3.86. The van der Waals surface area contributed by atoms with Crippen LogP contribution in [0.3, 0.4) is 0 Å². The van der Waals surface area contributed by atoms with Gasteiger partial charge < -0.3 is 4.42 Å². The summed E-state index contributed by atoms with van der Waals surface area (Å²) in [4.78, 5) is 16.1. The van der Waals surface area contributed by atoms with E-state index in [2.05, 4.69) is 226 Å². The van der Waals surface area contributed by atoms with Gasteiger partial charge in [-0.1, -0.05) is 184 Å². The minimum absolute atomic E-state index is 0.269. The maximum atomic E-state index is 6.70. The highest BCUT2D eigenvalue weighted by Gasteiger charge is 2.38. The zero-order valence-corrected chi connectivity index (χ0v) is 35.5. The number of benzene rings is 9. The molecule has 0 saturated carbocycles. The van der Waals surface area contributed by atoms with Crippen LogP contribution in [0.2, 0.25) is 0 Å². The molecule has 64 heavy (non-hydrogen) atoms. The van der Waals surface area contributed by atoms with Gasteiger partial charge in [0.25, 0.3) is 0 Å². The Bertz CT molecular complexity index is 3510. The summed E-state index contributed by atoms with van der Waals surface area (Å²) in [6.07, 6.45) is 0. The number of nitrogens with zero attached hydrogens (tertiary/aromatic N) is 3. The van der Waals surface area contributed by atoms with Crippen molar-refractivity contribution in [1.82, 2.24) is 15.0 Å². The number of aromatic nitrogens is 3. The molecule has 0 spiro atoms. The molecule has 11 aromatic rings. The van der Waals surface area contributed by atoms with E-state index in [1.807, 2.05) is 0 Å². The summed E-state index contributed by atoms with van der Waals surface area (Å²) < 4.78 is 6.70. The number of hydrogen-bond acceptors (Lipinski definition) is 4. The fourth-order valence-electron chi connectivity index (χ4n) is 9.84. The Labute approximate surface area is 372 Å². The van der Waals surface area contributed by atoms with Gasteiger partial charge >= 0.3 is 0 Å². The molecule has 302 valence electrons. The van der Waals surface area contributed by atoms with E-state index in [0.717, 1.165) is 72.0 Å². The minimum atomic E-state index is -0.269. The molecule has 1 aliphatic carbocycles. The molecule has 4 nitrogen and oxygen atoms in total. The van der Waals surface area contributed by atoms with Crippen molar-refractivity contribution in [2.75, 3.05) is 0 Å². The second-order valence-electron chi connectivity index (χ2n) is 17.2. The molecule has 0 saturated heterocycles. The highest BCUT2D eigenvalue weighted by atomic mass is 16.3. The second kappa shape index (κ2) is 15.0. The van der Waals surface area contributed by atoms with Crippen LogP contribution in [0.1, 0.15) is 25.0 Å². The molecule has 4 heteroatoms. The molecule has 0 fully saturated rings. The quantitative estimate of drug-likeness (QED) is 0.161. The van der Waals surface area contributed by atoms with E-state index in [1.54, 1.807) is 0 Å². The van der Waals surface area contributed by atoms with Crippen molar-refractivity contribution in [3.63, 3.8) is 0 Å². The highest BCUT2D eigenvalue weighted by molar-refractivity contribution is 6.13. The maximum Gasteiger partial charge on any atom is 0.164 e. The Kier molecular flexibility index (Phi) is 8.80. The largest absolute Gasteiger partial charge is 0.456 e.